The lowest BCUT2D eigenvalue weighted by molar-refractivity contribution is -0.123. The van der Waals surface area contributed by atoms with Crippen molar-refractivity contribution in [1.29, 1.82) is 0 Å². The van der Waals surface area contributed by atoms with E-state index in [9.17, 15) is 9.18 Å². The first kappa shape index (κ1) is 12.0. The van der Waals surface area contributed by atoms with Crippen LogP contribution in [-0.2, 0) is 11.3 Å². The molecule has 0 atom stereocenters. The van der Waals surface area contributed by atoms with Crippen molar-refractivity contribution in [1.82, 2.24) is 5.32 Å². The molecule has 0 saturated heterocycles. The molecule has 0 radical (unpaired) electrons. The minimum Gasteiger partial charge on any atom is -0.350 e. The van der Waals surface area contributed by atoms with Crippen LogP contribution in [0.4, 0.5) is 4.39 Å². The summed E-state index contributed by atoms with van der Waals surface area (Å²) < 4.78 is 13.4. The van der Waals surface area contributed by atoms with Crippen LogP contribution in [0.25, 0.3) is 0 Å². The van der Waals surface area contributed by atoms with Crippen LogP contribution in [-0.4, -0.2) is 11.4 Å². The molecule has 1 aliphatic rings. The highest BCUT2D eigenvalue weighted by Crippen LogP contribution is 2.32. The zero-order chi connectivity index (χ0) is 12.6. The summed E-state index contributed by atoms with van der Waals surface area (Å²) in [6, 6.07) is 3.50. The maximum Gasteiger partial charge on any atom is 0.240 e. The fourth-order valence-corrected chi connectivity index (χ4v) is 1.86. The minimum absolute atomic E-state index is 0.114. The van der Waals surface area contributed by atoms with Crippen molar-refractivity contribution in [3.8, 4) is 0 Å². The highest BCUT2D eigenvalue weighted by Gasteiger charge is 2.45. The average Bonchev–Trinajstić information content (AvgIpc) is 3.02. The van der Waals surface area contributed by atoms with Crippen LogP contribution in [0.2, 0.25) is 0 Å². The largest absolute Gasteiger partial charge is 0.350 e. The smallest absolute Gasteiger partial charge is 0.240 e. The highest BCUT2D eigenvalue weighted by atomic mass is 19.1. The number of hydrogen-bond acceptors (Lipinski definition) is 2. The quantitative estimate of drug-likeness (QED) is 0.836. The third kappa shape index (κ3) is 2.47. The van der Waals surface area contributed by atoms with E-state index in [0.717, 1.165) is 18.4 Å². The zero-order valence-corrected chi connectivity index (χ0v) is 10.1. The lowest BCUT2D eigenvalue weighted by atomic mass is 10.1. The predicted molar refractivity (Wildman–Crippen MR) is 63.9 cm³/mol. The van der Waals surface area contributed by atoms with Gasteiger partial charge in [0, 0.05) is 6.54 Å². The summed E-state index contributed by atoms with van der Waals surface area (Å²) in [5, 5.41) is 2.79. The summed E-state index contributed by atoms with van der Waals surface area (Å²) in [5.41, 5.74) is 7.22. The van der Waals surface area contributed by atoms with E-state index in [2.05, 4.69) is 5.32 Å². The van der Waals surface area contributed by atoms with Gasteiger partial charge in [0.15, 0.2) is 0 Å². The number of benzene rings is 1. The van der Waals surface area contributed by atoms with Crippen LogP contribution in [0.5, 0.6) is 0 Å². The maximum atomic E-state index is 13.4. The van der Waals surface area contributed by atoms with Crippen molar-refractivity contribution < 1.29 is 9.18 Å². The van der Waals surface area contributed by atoms with E-state index in [0.29, 0.717) is 17.7 Å². The molecule has 0 aromatic heterocycles. The number of rotatable bonds is 3. The van der Waals surface area contributed by atoms with E-state index >= 15 is 0 Å². The number of hydrogen-bond donors (Lipinski definition) is 2. The van der Waals surface area contributed by atoms with Gasteiger partial charge in [-0.2, -0.15) is 0 Å². The first-order chi connectivity index (χ1) is 7.92. The SMILES string of the molecule is Cc1cc(CNC(=O)C2(N)CC2)cc(C)c1F. The summed E-state index contributed by atoms with van der Waals surface area (Å²) in [7, 11) is 0. The summed E-state index contributed by atoms with van der Waals surface area (Å²) in [4.78, 5) is 11.6. The molecule has 1 aromatic carbocycles. The number of carbonyl (C=O) groups excluding carboxylic acids is 1. The molecule has 3 N–H and O–H groups in total. The van der Waals surface area contributed by atoms with Crippen molar-refractivity contribution in [2.45, 2.75) is 38.8 Å². The van der Waals surface area contributed by atoms with Gasteiger partial charge in [0.25, 0.3) is 0 Å². The Hall–Kier alpha value is -1.42. The first-order valence-electron chi connectivity index (χ1n) is 5.75. The second kappa shape index (κ2) is 4.11. The lowest BCUT2D eigenvalue weighted by Gasteiger charge is -2.11. The average molecular weight is 236 g/mol. The van der Waals surface area contributed by atoms with Gasteiger partial charge < -0.3 is 11.1 Å². The topological polar surface area (TPSA) is 55.1 Å². The number of halogens is 1. The Balaban J connectivity index is 2.02. The van der Waals surface area contributed by atoms with Gasteiger partial charge in [-0.15, -0.1) is 0 Å². The van der Waals surface area contributed by atoms with Crippen LogP contribution < -0.4 is 11.1 Å². The van der Waals surface area contributed by atoms with E-state index in [1.165, 1.54) is 0 Å². The van der Waals surface area contributed by atoms with E-state index in [1.54, 1.807) is 26.0 Å². The van der Waals surface area contributed by atoms with Gasteiger partial charge in [-0.1, -0.05) is 12.1 Å². The second-order valence-corrected chi connectivity index (χ2v) is 4.88. The Labute approximate surface area is 100 Å². The molecule has 0 aliphatic heterocycles. The van der Waals surface area contributed by atoms with Gasteiger partial charge in [0.05, 0.1) is 5.54 Å². The Morgan fingerprint density at radius 3 is 2.41 bits per heavy atom. The van der Waals surface area contributed by atoms with Crippen LogP contribution in [0.1, 0.15) is 29.5 Å². The molecule has 17 heavy (non-hydrogen) atoms. The number of nitrogens with one attached hydrogen (secondary N) is 1. The van der Waals surface area contributed by atoms with E-state index in [4.69, 9.17) is 5.73 Å². The van der Waals surface area contributed by atoms with Crippen molar-refractivity contribution in [3.63, 3.8) is 0 Å². The molecule has 3 nitrogen and oxygen atoms in total. The van der Waals surface area contributed by atoms with Crippen LogP contribution >= 0.6 is 0 Å². The van der Waals surface area contributed by atoms with Gasteiger partial charge in [-0.25, -0.2) is 4.39 Å². The molecule has 0 spiro atoms. The minimum atomic E-state index is -0.649. The normalized spacial score (nSPS) is 16.7. The fraction of sp³-hybridized carbons (Fsp3) is 0.462. The Kier molecular flexibility index (Phi) is 2.91. The molecule has 1 saturated carbocycles. The van der Waals surface area contributed by atoms with Gasteiger partial charge in [-0.3, -0.25) is 4.79 Å². The molecule has 4 heteroatoms. The van der Waals surface area contributed by atoms with Gasteiger partial charge in [0.2, 0.25) is 5.91 Å². The van der Waals surface area contributed by atoms with Gasteiger partial charge in [0.1, 0.15) is 5.82 Å². The number of nitrogens with two attached hydrogens (primary N) is 1. The highest BCUT2D eigenvalue weighted by molar-refractivity contribution is 5.88. The van der Waals surface area contributed by atoms with Crippen molar-refractivity contribution in [3.05, 3.63) is 34.6 Å². The van der Waals surface area contributed by atoms with E-state index in [1.807, 2.05) is 0 Å². The molecule has 1 amide bonds. The molecular formula is C13H17FN2O. The monoisotopic (exact) mass is 236 g/mol. The molecule has 0 bridgehead atoms. The Morgan fingerprint density at radius 2 is 1.94 bits per heavy atom. The van der Waals surface area contributed by atoms with Gasteiger partial charge >= 0.3 is 0 Å². The molecule has 92 valence electrons. The van der Waals surface area contributed by atoms with Crippen LogP contribution in [0.3, 0.4) is 0 Å². The molecular weight excluding hydrogens is 219 g/mol. The summed E-state index contributed by atoms with van der Waals surface area (Å²) in [6.45, 7) is 3.84. The zero-order valence-electron chi connectivity index (χ0n) is 10.1. The van der Waals surface area contributed by atoms with Crippen molar-refractivity contribution in [2.24, 2.45) is 5.73 Å². The third-order valence-electron chi connectivity index (χ3n) is 3.19. The van der Waals surface area contributed by atoms with E-state index < -0.39 is 5.54 Å². The summed E-state index contributed by atoms with van der Waals surface area (Å²) >= 11 is 0. The predicted octanol–water partition coefficient (Wildman–Crippen LogP) is 1.55. The van der Waals surface area contributed by atoms with Crippen LogP contribution in [0.15, 0.2) is 12.1 Å². The number of carbonyl (C=O) groups is 1. The maximum absolute atomic E-state index is 13.4. The number of aryl methyl sites for hydroxylation is 2. The summed E-state index contributed by atoms with van der Waals surface area (Å²) in [5.74, 6) is -0.297. The molecule has 2 rings (SSSR count). The van der Waals surface area contributed by atoms with E-state index in [-0.39, 0.29) is 11.7 Å². The van der Waals surface area contributed by atoms with Gasteiger partial charge in [-0.05, 0) is 43.4 Å². The molecule has 0 unspecified atom stereocenters. The lowest BCUT2D eigenvalue weighted by Crippen LogP contribution is -2.42. The first-order valence-corrected chi connectivity index (χ1v) is 5.75. The molecule has 1 aliphatic carbocycles. The van der Waals surface area contributed by atoms with Crippen molar-refractivity contribution in [2.75, 3.05) is 0 Å². The third-order valence-corrected chi connectivity index (χ3v) is 3.19. The van der Waals surface area contributed by atoms with Crippen molar-refractivity contribution >= 4 is 5.91 Å². The fourth-order valence-electron chi connectivity index (χ4n) is 1.86. The number of amides is 1. The Morgan fingerprint density at radius 1 is 1.41 bits per heavy atom. The summed E-state index contributed by atoms with van der Waals surface area (Å²) in [6.07, 6.45) is 1.50. The molecule has 0 heterocycles. The molecule has 1 aromatic rings. The molecule has 1 fully saturated rings. The second-order valence-electron chi connectivity index (χ2n) is 4.88. The Bertz CT molecular complexity index is 443. The standard InChI is InChI=1S/C13H17FN2O/c1-8-5-10(6-9(2)11(8)14)7-16-12(17)13(15)3-4-13/h5-6H,3-4,7,15H2,1-2H3,(H,16,17). The van der Waals surface area contributed by atoms with Crippen LogP contribution in [0, 0.1) is 19.7 Å².